The second kappa shape index (κ2) is 14.5. The van der Waals surface area contributed by atoms with E-state index in [2.05, 4.69) is 68.3 Å². The first-order valence-electron chi connectivity index (χ1n) is 10.4. The van der Waals surface area contributed by atoms with Crippen LogP contribution in [0.2, 0.25) is 18.1 Å². The van der Waals surface area contributed by atoms with Crippen molar-refractivity contribution in [2.45, 2.75) is 75.7 Å². The lowest BCUT2D eigenvalue weighted by molar-refractivity contribution is 0.0511. The summed E-state index contributed by atoms with van der Waals surface area (Å²) in [6, 6.07) is 3.30. The molecule has 0 N–H and O–H groups in total. The highest BCUT2D eigenvalue weighted by molar-refractivity contribution is 14.1. The number of hydrogen-bond donors (Lipinski definition) is 0. The van der Waals surface area contributed by atoms with Gasteiger partial charge in [0.25, 0.3) is 0 Å². The minimum Gasteiger partial charge on any atom is -0.430 e. The number of alkyl halides is 3. The van der Waals surface area contributed by atoms with Crippen LogP contribution in [0.25, 0.3) is 6.08 Å². The molecule has 1 aromatic rings. The summed E-state index contributed by atoms with van der Waals surface area (Å²) in [5.41, 5.74) is 1.94. The van der Waals surface area contributed by atoms with E-state index in [4.69, 9.17) is 48.7 Å². The number of nitrogens with zero attached hydrogens (tertiary/aromatic N) is 1. The largest absolute Gasteiger partial charge is 0.508 e. The van der Waals surface area contributed by atoms with Gasteiger partial charge in [-0.15, -0.1) is 11.3 Å². The summed E-state index contributed by atoms with van der Waals surface area (Å²) in [5.74, 6) is 0. The molecular weight excluding hydrogens is 624 g/mol. The Kier molecular flexibility index (Phi) is 13.7. The van der Waals surface area contributed by atoms with Gasteiger partial charge in [-0.3, -0.25) is 0 Å². The van der Waals surface area contributed by atoms with Gasteiger partial charge in [0.05, 0.1) is 11.8 Å². The van der Waals surface area contributed by atoms with Crippen molar-refractivity contribution >= 4 is 89.3 Å². The van der Waals surface area contributed by atoms with Crippen molar-refractivity contribution in [2.75, 3.05) is 6.61 Å². The number of rotatable bonds is 12. The molecule has 0 aliphatic rings. The molecule has 0 radical (unpaired) electrons. The van der Waals surface area contributed by atoms with Gasteiger partial charge in [-0.25, -0.2) is 9.78 Å². The van der Waals surface area contributed by atoms with E-state index < -0.39 is 18.3 Å². The number of thiazole rings is 1. The van der Waals surface area contributed by atoms with Gasteiger partial charge < -0.3 is 13.9 Å². The zero-order valence-corrected chi connectivity index (χ0v) is 25.3. The third-order valence-corrected chi connectivity index (χ3v) is 11.3. The fourth-order valence-electron chi connectivity index (χ4n) is 2.99. The molecule has 0 aliphatic heterocycles. The minimum absolute atomic E-state index is 0.00945. The maximum absolute atomic E-state index is 11.6. The van der Waals surface area contributed by atoms with Gasteiger partial charge in [-0.2, -0.15) is 0 Å². The van der Waals surface area contributed by atoms with Crippen LogP contribution >= 0.6 is 68.7 Å². The Morgan fingerprint density at radius 1 is 1.22 bits per heavy atom. The fraction of sp³-hybridized carbons (Fsp3) is 0.619. The van der Waals surface area contributed by atoms with E-state index in [-0.39, 0.29) is 19.3 Å². The van der Waals surface area contributed by atoms with Gasteiger partial charge in [-0.05, 0) is 76.2 Å². The molecule has 0 saturated heterocycles. The highest BCUT2D eigenvalue weighted by Crippen LogP contribution is 2.29. The molecule has 0 amide bonds. The predicted octanol–water partition coefficient (Wildman–Crippen LogP) is 8.69. The topological polar surface area (TPSA) is 57.7 Å². The Labute approximate surface area is 225 Å². The van der Waals surface area contributed by atoms with E-state index in [1.165, 1.54) is 14.9 Å². The number of carbonyl (C=O) groups excluding carboxylic acids is 1. The number of carbonyl (C=O) groups is 1. The van der Waals surface area contributed by atoms with Crippen LogP contribution < -0.4 is 0 Å². The summed E-state index contributed by atoms with van der Waals surface area (Å²) in [5, 5.41) is 2.57. The highest BCUT2D eigenvalue weighted by atomic mass is 127. The standard InChI is InChI=1S/C21H31Cl3INO4SSi/c1-6-32(7-2,8-3)30-18(10-9-16(5)25)15(4)11-17-13-31-19(26-17)12-28-20(27)29-14-21(22,23)24/h9,11,13,18H,6-8,10,12,14H2,1-5H3/b15-11+,16-9+/t18-/m0/s1. The summed E-state index contributed by atoms with van der Waals surface area (Å²) < 4.78 is 16.1. The van der Waals surface area contributed by atoms with E-state index >= 15 is 0 Å². The lowest BCUT2D eigenvalue weighted by atomic mass is 10.1. The first-order valence-corrected chi connectivity index (χ1v) is 16.0. The summed E-state index contributed by atoms with van der Waals surface area (Å²) in [4.78, 5) is 16.1. The van der Waals surface area contributed by atoms with Gasteiger partial charge in [0.15, 0.2) is 8.32 Å². The van der Waals surface area contributed by atoms with E-state index in [9.17, 15) is 4.79 Å². The molecule has 0 aliphatic carbocycles. The first kappa shape index (κ1) is 30.2. The average molecular weight is 655 g/mol. The van der Waals surface area contributed by atoms with Gasteiger partial charge in [-0.1, -0.05) is 61.7 Å². The lowest BCUT2D eigenvalue weighted by Gasteiger charge is -2.33. The lowest BCUT2D eigenvalue weighted by Crippen LogP contribution is -2.40. The van der Waals surface area contributed by atoms with Crippen molar-refractivity contribution in [3.63, 3.8) is 0 Å². The zero-order valence-electron chi connectivity index (χ0n) is 19.1. The highest BCUT2D eigenvalue weighted by Gasteiger charge is 2.32. The Morgan fingerprint density at radius 3 is 2.38 bits per heavy atom. The van der Waals surface area contributed by atoms with Crippen molar-refractivity contribution < 1.29 is 18.7 Å². The van der Waals surface area contributed by atoms with Crippen LogP contribution in [0.4, 0.5) is 4.79 Å². The third-order valence-electron chi connectivity index (χ3n) is 5.06. The maximum Gasteiger partial charge on any atom is 0.508 e. The van der Waals surface area contributed by atoms with Crippen LogP contribution in [0.3, 0.4) is 0 Å². The van der Waals surface area contributed by atoms with Crippen molar-refractivity contribution in [1.29, 1.82) is 0 Å². The molecular formula is C21H31Cl3INO4SSi. The molecule has 0 fully saturated rings. The Bertz CT molecular complexity index is 782. The molecule has 32 heavy (non-hydrogen) atoms. The molecule has 0 spiro atoms. The molecule has 0 aromatic carbocycles. The van der Waals surface area contributed by atoms with E-state index in [0.29, 0.717) is 5.01 Å². The Balaban J connectivity index is 2.86. The summed E-state index contributed by atoms with van der Waals surface area (Å²) in [7, 11) is -1.76. The van der Waals surface area contributed by atoms with Gasteiger partial charge >= 0.3 is 6.16 Å². The van der Waals surface area contributed by atoms with Gasteiger partial charge in [0.1, 0.15) is 18.2 Å². The average Bonchev–Trinajstić information content (AvgIpc) is 3.18. The van der Waals surface area contributed by atoms with Crippen LogP contribution in [0.15, 0.2) is 20.6 Å². The molecule has 1 aromatic heterocycles. The van der Waals surface area contributed by atoms with Crippen molar-refractivity contribution in [3.05, 3.63) is 31.3 Å². The normalized spacial score (nSPS) is 14.4. The molecule has 1 atom stereocenters. The Morgan fingerprint density at radius 2 is 1.84 bits per heavy atom. The summed E-state index contributed by atoms with van der Waals surface area (Å²) in [6.07, 6.45) is 4.20. The van der Waals surface area contributed by atoms with Gasteiger partial charge in [0, 0.05) is 5.38 Å². The number of ether oxygens (including phenoxy) is 2. The fourth-order valence-corrected chi connectivity index (χ4v) is 6.95. The van der Waals surface area contributed by atoms with Crippen LogP contribution in [0.1, 0.15) is 51.7 Å². The van der Waals surface area contributed by atoms with Crippen LogP contribution in [-0.2, 0) is 20.5 Å². The predicted molar refractivity (Wildman–Crippen MR) is 147 cm³/mol. The van der Waals surface area contributed by atoms with Crippen molar-refractivity contribution in [3.8, 4) is 0 Å². The molecule has 0 saturated carbocycles. The van der Waals surface area contributed by atoms with Crippen LogP contribution in [0, 0.1) is 0 Å². The molecule has 11 heteroatoms. The van der Waals surface area contributed by atoms with Crippen LogP contribution in [0.5, 0.6) is 0 Å². The first-order chi connectivity index (χ1) is 14.9. The zero-order chi connectivity index (χ0) is 24.4. The molecule has 0 unspecified atom stereocenters. The minimum atomic E-state index is -1.76. The van der Waals surface area contributed by atoms with Gasteiger partial charge in [0.2, 0.25) is 3.79 Å². The van der Waals surface area contributed by atoms with E-state index in [1.54, 1.807) is 0 Å². The molecule has 182 valence electrons. The Hall–Kier alpha value is 0.157. The second-order valence-electron chi connectivity index (χ2n) is 7.37. The summed E-state index contributed by atoms with van der Waals surface area (Å²) >= 11 is 20.4. The van der Waals surface area contributed by atoms with E-state index in [1.807, 2.05) is 11.5 Å². The van der Waals surface area contributed by atoms with Crippen LogP contribution in [-0.4, -0.2) is 36.0 Å². The second-order valence-corrected chi connectivity index (χ2v) is 17.3. The molecule has 0 bridgehead atoms. The number of hydrogen-bond acceptors (Lipinski definition) is 6. The SMILES string of the molecule is CC[Si](CC)(CC)O[C@@H](C/C=C(\C)I)/C(C)=C/c1csc(COC(=O)OCC(Cl)(Cl)Cl)n1. The van der Waals surface area contributed by atoms with Crippen molar-refractivity contribution in [2.24, 2.45) is 0 Å². The third kappa shape index (κ3) is 11.5. The molecule has 1 rings (SSSR count). The monoisotopic (exact) mass is 653 g/mol. The van der Waals surface area contributed by atoms with Crippen molar-refractivity contribution in [1.82, 2.24) is 4.98 Å². The molecule has 1 heterocycles. The quantitative estimate of drug-likeness (QED) is 0.0977. The summed E-state index contributed by atoms with van der Waals surface area (Å²) in [6.45, 7) is 10.5. The maximum atomic E-state index is 11.6. The number of halogens is 4. The molecule has 5 nitrogen and oxygen atoms in total. The smallest absolute Gasteiger partial charge is 0.430 e. The number of aromatic nitrogens is 1. The number of allylic oxidation sites excluding steroid dienone is 1. The van der Waals surface area contributed by atoms with E-state index in [0.717, 1.165) is 35.8 Å².